The van der Waals surface area contributed by atoms with E-state index in [-0.39, 0.29) is 16.4 Å². The number of carbonyl (C=O) groups excluding carboxylic acids is 2. The summed E-state index contributed by atoms with van der Waals surface area (Å²) in [6, 6.07) is 14.4. The average molecular weight is 390 g/mol. The van der Waals surface area contributed by atoms with E-state index in [0.717, 1.165) is 4.31 Å². The summed E-state index contributed by atoms with van der Waals surface area (Å²) in [5.74, 6) is -1.08. The maximum absolute atomic E-state index is 12.4. The van der Waals surface area contributed by atoms with Crippen LogP contribution in [0.5, 0.6) is 0 Å². The topological polar surface area (TPSA) is 84.0 Å². The zero-order chi connectivity index (χ0) is 20.2. The van der Waals surface area contributed by atoms with Gasteiger partial charge in [-0.1, -0.05) is 18.2 Å². The summed E-state index contributed by atoms with van der Waals surface area (Å²) in [4.78, 5) is 26.2. The summed E-state index contributed by atoms with van der Waals surface area (Å²) >= 11 is 0. The van der Waals surface area contributed by atoms with E-state index in [0.29, 0.717) is 5.69 Å². The third-order valence-corrected chi connectivity index (χ3v) is 5.80. The molecule has 0 heterocycles. The molecule has 0 unspecified atom stereocenters. The molecule has 0 aliphatic heterocycles. The molecular weight excluding hydrogens is 368 g/mol. The maximum atomic E-state index is 12.4. The first-order valence-electron chi connectivity index (χ1n) is 8.21. The summed E-state index contributed by atoms with van der Waals surface area (Å²) < 4.78 is 30.4. The first kappa shape index (κ1) is 20.6. The molecule has 0 N–H and O–H groups in total. The van der Waals surface area contributed by atoms with E-state index in [1.807, 2.05) is 6.07 Å². The number of carbonyl (C=O) groups is 2. The van der Waals surface area contributed by atoms with Gasteiger partial charge >= 0.3 is 5.97 Å². The third-order valence-electron chi connectivity index (χ3n) is 3.97. The lowest BCUT2D eigenvalue weighted by Gasteiger charge is -2.21. The predicted octanol–water partition coefficient (Wildman–Crippen LogP) is 2.15. The zero-order valence-electron chi connectivity index (χ0n) is 15.6. The molecule has 2 aromatic carbocycles. The molecule has 0 saturated heterocycles. The van der Waals surface area contributed by atoms with Gasteiger partial charge in [-0.15, -0.1) is 0 Å². The number of para-hydroxylation sites is 1. The van der Waals surface area contributed by atoms with E-state index in [1.54, 1.807) is 31.3 Å². The Kier molecular flexibility index (Phi) is 6.35. The van der Waals surface area contributed by atoms with E-state index >= 15 is 0 Å². The number of anilines is 1. The van der Waals surface area contributed by atoms with Crippen LogP contribution in [0.3, 0.4) is 0 Å². The van der Waals surface area contributed by atoms with Gasteiger partial charge in [-0.25, -0.2) is 17.5 Å². The second kappa shape index (κ2) is 8.32. The van der Waals surface area contributed by atoms with Gasteiger partial charge in [0.1, 0.15) is 0 Å². The van der Waals surface area contributed by atoms with Gasteiger partial charge < -0.3 is 9.64 Å². The number of ether oxygens (including phenoxy) is 1. The number of benzene rings is 2. The van der Waals surface area contributed by atoms with Crippen LogP contribution in [0.2, 0.25) is 0 Å². The second-order valence-electron chi connectivity index (χ2n) is 6.09. The lowest BCUT2D eigenvalue weighted by atomic mass is 10.2. The predicted molar refractivity (Wildman–Crippen MR) is 102 cm³/mol. The van der Waals surface area contributed by atoms with Gasteiger partial charge in [0.15, 0.2) is 6.10 Å². The molecule has 1 amide bonds. The molecule has 0 bridgehead atoms. The molecule has 0 spiro atoms. The molecule has 8 heteroatoms. The van der Waals surface area contributed by atoms with Crippen LogP contribution in [0.1, 0.15) is 17.3 Å². The molecule has 0 saturated carbocycles. The largest absolute Gasteiger partial charge is 0.449 e. The molecule has 2 aromatic rings. The second-order valence-corrected chi connectivity index (χ2v) is 8.24. The minimum atomic E-state index is -3.58. The highest BCUT2D eigenvalue weighted by Gasteiger charge is 2.24. The first-order chi connectivity index (χ1) is 12.6. The van der Waals surface area contributed by atoms with Crippen molar-refractivity contribution >= 4 is 27.6 Å². The average Bonchev–Trinajstić information content (AvgIpc) is 2.67. The normalized spacial score (nSPS) is 12.5. The Balaban J connectivity index is 2.07. The van der Waals surface area contributed by atoms with E-state index in [1.165, 1.54) is 50.2 Å². The SMILES string of the molecule is C[C@H](OC(=O)c1ccc(S(=O)(=O)N(C)C)cc1)C(=O)N(C)c1ccccc1. The van der Waals surface area contributed by atoms with Crippen LogP contribution in [0.4, 0.5) is 5.69 Å². The fraction of sp³-hybridized carbons (Fsp3) is 0.263. The maximum Gasteiger partial charge on any atom is 0.338 e. The van der Waals surface area contributed by atoms with Crippen molar-refractivity contribution in [1.29, 1.82) is 0 Å². The van der Waals surface area contributed by atoms with Crippen LogP contribution in [-0.4, -0.2) is 51.8 Å². The molecule has 0 aromatic heterocycles. The Morgan fingerprint density at radius 3 is 2.00 bits per heavy atom. The van der Waals surface area contributed by atoms with Gasteiger partial charge in [-0.05, 0) is 43.3 Å². The highest BCUT2D eigenvalue weighted by atomic mass is 32.2. The molecule has 7 nitrogen and oxygen atoms in total. The summed E-state index contributed by atoms with van der Waals surface area (Å²) in [6.45, 7) is 1.49. The van der Waals surface area contributed by atoms with Crippen molar-refractivity contribution in [3.05, 3.63) is 60.2 Å². The van der Waals surface area contributed by atoms with E-state index in [9.17, 15) is 18.0 Å². The number of sulfonamides is 1. The molecule has 2 rings (SSSR count). The number of nitrogens with zero attached hydrogens (tertiary/aromatic N) is 2. The quantitative estimate of drug-likeness (QED) is 0.706. The van der Waals surface area contributed by atoms with Crippen molar-refractivity contribution in [3.63, 3.8) is 0 Å². The number of likely N-dealkylation sites (N-methyl/N-ethyl adjacent to an activating group) is 1. The molecule has 0 aliphatic carbocycles. The molecule has 0 fully saturated rings. The van der Waals surface area contributed by atoms with Gasteiger partial charge in [-0.3, -0.25) is 4.79 Å². The Morgan fingerprint density at radius 1 is 0.926 bits per heavy atom. The van der Waals surface area contributed by atoms with Gasteiger partial charge in [-0.2, -0.15) is 0 Å². The molecule has 1 atom stereocenters. The van der Waals surface area contributed by atoms with Gasteiger partial charge in [0.05, 0.1) is 10.5 Å². The Morgan fingerprint density at radius 2 is 1.48 bits per heavy atom. The minimum Gasteiger partial charge on any atom is -0.449 e. The number of amides is 1. The molecule has 0 radical (unpaired) electrons. The molecule has 27 heavy (non-hydrogen) atoms. The number of rotatable bonds is 6. The standard InChI is InChI=1S/C19H22N2O5S/c1-14(18(22)21(4)16-8-6-5-7-9-16)26-19(23)15-10-12-17(13-11-15)27(24,25)20(2)3/h5-14H,1-4H3/t14-/m0/s1. The highest BCUT2D eigenvalue weighted by molar-refractivity contribution is 7.89. The van der Waals surface area contributed by atoms with Crippen molar-refractivity contribution in [2.24, 2.45) is 0 Å². The third kappa shape index (κ3) is 4.72. The summed E-state index contributed by atoms with van der Waals surface area (Å²) in [6.07, 6.45) is -0.993. The summed E-state index contributed by atoms with van der Waals surface area (Å²) in [5, 5.41) is 0. The van der Waals surface area contributed by atoms with E-state index in [2.05, 4.69) is 0 Å². The molecule has 0 aliphatic rings. The smallest absolute Gasteiger partial charge is 0.338 e. The lowest BCUT2D eigenvalue weighted by molar-refractivity contribution is -0.126. The van der Waals surface area contributed by atoms with Crippen LogP contribution in [0.25, 0.3) is 0 Å². The van der Waals surface area contributed by atoms with Gasteiger partial charge in [0.25, 0.3) is 5.91 Å². The lowest BCUT2D eigenvalue weighted by Crippen LogP contribution is -2.37. The first-order valence-corrected chi connectivity index (χ1v) is 9.65. The fourth-order valence-electron chi connectivity index (χ4n) is 2.30. The van der Waals surface area contributed by atoms with Crippen LogP contribution in [-0.2, 0) is 19.6 Å². The Hall–Kier alpha value is -2.71. The molecule has 144 valence electrons. The van der Waals surface area contributed by atoms with Crippen molar-refractivity contribution < 1.29 is 22.7 Å². The van der Waals surface area contributed by atoms with Crippen LogP contribution >= 0.6 is 0 Å². The Bertz CT molecular complexity index is 909. The zero-order valence-corrected chi connectivity index (χ0v) is 16.4. The highest BCUT2D eigenvalue weighted by Crippen LogP contribution is 2.16. The Labute approximate surface area is 159 Å². The number of esters is 1. The van der Waals surface area contributed by atoms with Crippen molar-refractivity contribution in [2.45, 2.75) is 17.9 Å². The minimum absolute atomic E-state index is 0.0667. The van der Waals surface area contributed by atoms with Crippen LogP contribution < -0.4 is 4.90 Å². The van der Waals surface area contributed by atoms with Gasteiger partial charge in [0, 0.05) is 26.8 Å². The van der Waals surface area contributed by atoms with Crippen LogP contribution in [0.15, 0.2) is 59.5 Å². The summed E-state index contributed by atoms with van der Waals surface area (Å²) in [7, 11) is 0.872. The van der Waals surface area contributed by atoms with Crippen molar-refractivity contribution in [3.8, 4) is 0 Å². The van der Waals surface area contributed by atoms with Crippen molar-refractivity contribution in [2.75, 3.05) is 26.0 Å². The van der Waals surface area contributed by atoms with Crippen molar-refractivity contribution in [1.82, 2.24) is 4.31 Å². The molecular formula is C19H22N2O5S. The summed E-state index contributed by atoms with van der Waals surface area (Å²) in [5.41, 5.74) is 0.846. The monoisotopic (exact) mass is 390 g/mol. The number of hydrogen-bond acceptors (Lipinski definition) is 5. The van der Waals surface area contributed by atoms with E-state index in [4.69, 9.17) is 4.74 Å². The van der Waals surface area contributed by atoms with Crippen LogP contribution in [0, 0.1) is 0 Å². The van der Waals surface area contributed by atoms with E-state index < -0.39 is 22.1 Å². The fourth-order valence-corrected chi connectivity index (χ4v) is 3.21. The number of hydrogen-bond donors (Lipinski definition) is 0. The van der Waals surface area contributed by atoms with Gasteiger partial charge in [0.2, 0.25) is 10.0 Å².